The summed E-state index contributed by atoms with van der Waals surface area (Å²) < 4.78 is 0. The van der Waals surface area contributed by atoms with Crippen LogP contribution >= 0.6 is 0 Å². The Kier molecular flexibility index (Phi) is 2.68. The Bertz CT molecular complexity index is 561. The molecule has 2 rings (SSSR count). The number of carbonyl (C=O) groups is 1. The van der Waals surface area contributed by atoms with Gasteiger partial charge in [0.15, 0.2) is 0 Å². The van der Waals surface area contributed by atoms with E-state index in [1.807, 2.05) is 24.3 Å². The number of benzene rings is 1. The summed E-state index contributed by atoms with van der Waals surface area (Å²) in [5.74, 6) is -0.141. The molecular formula is C13H12N2O. The van der Waals surface area contributed by atoms with Crippen molar-refractivity contribution in [1.29, 1.82) is 0 Å². The lowest BCUT2D eigenvalue weighted by molar-refractivity contribution is 0.0966. The molecule has 1 amide bonds. The molecule has 2 aromatic rings. The lowest BCUT2D eigenvalue weighted by atomic mass is 10.1. The Labute approximate surface area is 93.8 Å². The molecule has 0 fully saturated rings. The predicted molar refractivity (Wildman–Crippen MR) is 64.0 cm³/mol. The van der Waals surface area contributed by atoms with Crippen LogP contribution in [0.5, 0.6) is 0 Å². The largest absolute Gasteiger partial charge is 0.327 e. The Morgan fingerprint density at radius 2 is 2.19 bits per heavy atom. The van der Waals surface area contributed by atoms with E-state index in [1.165, 1.54) is 0 Å². The van der Waals surface area contributed by atoms with Crippen LogP contribution in [-0.2, 0) is 0 Å². The first-order valence-electron chi connectivity index (χ1n) is 4.98. The Hall–Kier alpha value is -2.16. The molecule has 3 nitrogen and oxygen atoms in total. The zero-order chi connectivity index (χ0) is 11.5. The molecule has 0 aliphatic carbocycles. The van der Waals surface area contributed by atoms with E-state index in [4.69, 9.17) is 0 Å². The van der Waals surface area contributed by atoms with Crippen LogP contribution < -0.4 is 5.32 Å². The summed E-state index contributed by atoms with van der Waals surface area (Å²) in [4.78, 5) is 15.9. The maximum absolute atomic E-state index is 11.7. The number of allylic oxidation sites excluding steroid dienone is 1. The van der Waals surface area contributed by atoms with Crippen LogP contribution in [0, 0.1) is 0 Å². The van der Waals surface area contributed by atoms with Gasteiger partial charge in [-0.1, -0.05) is 12.6 Å². The van der Waals surface area contributed by atoms with E-state index >= 15 is 0 Å². The van der Waals surface area contributed by atoms with Gasteiger partial charge in [0.25, 0.3) is 5.91 Å². The molecule has 1 aromatic carbocycles. The van der Waals surface area contributed by atoms with E-state index in [-0.39, 0.29) is 5.91 Å². The van der Waals surface area contributed by atoms with E-state index in [9.17, 15) is 4.79 Å². The topological polar surface area (TPSA) is 42.0 Å². The standard InChI is InChI=1S/C13H12N2O/c1-9(2)15-13(16)11-5-6-12-10(8-11)4-3-7-14-12/h3-8H,1H2,2H3,(H,15,16). The molecule has 1 aromatic heterocycles. The number of amides is 1. The van der Waals surface area contributed by atoms with Crippen molar-refractivity contribution in [3.63, 3.8) is 0 Å². The van der Waals surface area contributed by atoms with Gasteiger partial charge in [-0.25, -0.2) is 0 Å². The number of pyridine rings is 1. The molecule has 3 heteroatoms. The minimum Gasteiger partial charge on any atom is -0.327 e. The van der Waals surface area contributed by atoms with Crippen molar-refractivity contribution in [2.75, 3.05) is 0 Å². The zero-order valence-corrected chi connectivity index (χ0v) is 9.03. The van der Waals surface area contributed by atoms with Crippen molar-refractivity contribution in [3.05, 3.63) is 54.4 Å². The van der Waals surface area contributed by atoms with Crippen LogP contribution in [0.4, 0.5) is 0 Å². The number of fused-ring (bicyclic) bond motifs is 1. The molecule has 0 unspecified atom stereocenters. The number of nitrogens with one attached hydrogen (secondary N) is 1. The fourth-order valence-electron chi connectivity index (χ4n) is 1.48. The number of hydrogen-bond donors (Lipinski definition) is 1. The molecule has 1 N–H and O–H groups in total. The molecule has 0 spiro atoms. The Morgan fingerprint density at radius 3 is 2.94 bits per heavy atom. The third-order valence-electron chi connectivity index (χ3n) is 2.19. The SMILES string of the molecule is C=C(C)NC(=O)c1ccc2ncccc2c1. The summed E-state index contributed by atoms with van der Waals surface area (Å²) in [5, 5.41) is 3.63. The number of nitrogens with zero attached hydrogens (tertiary/aromatic N) is 1. The maximum Gasteiger partial charge on any atom is 0.255 e. The molecule has 1 heterocycles. The number of aromatic nitrogens is 1. The predicted octanol–water partition coefficient (Wildman–Crippen LogP) is 2.50. The van der Waals surface area contributed by atoms with Gasteiger partial charge in [0.2, 0.25) is 0 Å². The Balaban J connectivity index is 2.39. The van der Waals surface area contributed by atoms with Gasteiger partial charge in [-0.15, -0.1) is 0 Å². The van der Waals surface area contributed by atoms with Crippen LogP contribution in [0.2, 0.25) is 0 Å². The average molecular weight is 212 g/mol. The summed E-state index contributed by atoms with van der Waals surface area (Å²) in [5.41, 5.74) is 2.13. The quantitative estimate of drug-likeness (QED) is 0.831. The fraction of sp³-hybridized carbons (Fsp3) is 0.0769. The number of rotatable bonds is 2. The van der Waals surface area contributed by atoms with E-state index in [0.717, 1.165) is 10.9 Å². The molecule has 0 bridgehead atoms. The Morgan fingerprint density at radius 1 is 1.38 bits per heavy atom. The molecule has 0 saturated carbocycles. The molecule has 0 aliphatic heterocycles. The van der Waals surface area contributed by atoms with Gasteiger partial charge < -0.3 is 5.32 Å². The smallest absolute Gasteiger partial charge is 0.255 e. The highest BCUT2D eigenvalue weighted by molar-refractivity contribution is 5.98. The van der Waals surface area contributed by atoms with Crippen LogP contribution in [0.3, 0.4) is 0 Å². The monoisotopic (exact) mass is 212 g/mol. The summed E-state index contributed by atoms with van der Waals surface area (Å²) in [6.45, 7) is 5.39. The van der Waals surface area contributed by atoms with Gasteiger partial charge in [-0.2, -0.15) is 0 Å². The summed E-state index contributed by atoms with van der Waals surface area (Å²) >= 11 is 0. The van der Waals surface area contributed by atoms with Crippen molar-refractivity contribution >= 4 is 16.8 Å². The van der Waals surface area contributed by atoms with Gasteiger partial charge in [0.1, 0.15) is 0 Å². The van der Waals surface area contributed by atoms with Gasteiger partial charge in [-0.05, 0) is 31.2 Å². The minimum atomic E-state index is -0.141. The van der Waals surface area contributed by atoms with Crippen LogP contribution in [0.25, 0.3) is 10.9 Å². The van der Waals surface area contributed by atoms with Crippen molar-refractivity contribution in [1.82, 2.24) is 10.3 Å². The molecule has 0 saturated heterocycles. The second-order valence-electron chi connectivity index (χ2n) is 3.65. The van der Waals surface area contributed by atoms with E-state index in [0.29, 0.717) is 11.3 Å². The van der Waals surface area contributed by atoms with Crippen molar-refractivity contribution in [3.8, 4) is 0 Å². The van der Waals surface area contributed by atoms with Crippen molar-refractivity contribution < 1.29 is 4.79 Å². The van der Waals surface area contributed by atoms with E-state index in [2.05, 4.69) is 16.9 Å². The summed E-state index contributed by atoms with van der Waals surface area (Å²) in [6.07, 6.45) is 1.73. The number of carbonyl (C=O) groups excluding carboxylic acids is 1. The second kappa shape index (κ2) is 4.14. The third-order valence-corrected chi connectivity index (χ3v) is 2.19. The number of hydrogen-bond acceptors (Lipinski definition) is 2. The minimum absolute atomic E-state index is 0.141. The van der Waals surface area contributed by atoms with Crippen molar-refractivity contribution in [2.24, 2.45) is 0 Å². The first-order valence-corrected chi connectivity index (χ1v) is 4.98. The van der Waals surface area contributed by atoms with Gasteiger partial charge in [0.05, 0.1) is 5.52 Å². The van der Waals surface area contributed by atoms with E-state index < -0.39 is 0 Å². The summed E-state index contributed by atoms with van der Waals surface area (Å²) in [7, 11) is 0. The maximum atomic E-state index is 11.7. The van der Waals surface area contributed by atoms with Gasteiger partial charge in [0, 0.05) is 22.8 Å². The zero-order valence-electron chi connectivity index (χ0n) is 9.03. The van der Waals surface area contributed by atoms with E-state index in [1.54, 1.807) is 19.2 Å². The molecule has 0 aliphatic rings. The molecular weight excluding hydrogens is 200 g/mol. The first-order chi connectivity index (χ1) is 7.66. The van der Waals surface area contributed by atoms with Crippen LogP contribution in [0.15, 0.2) is 48.8 Å². The molecule has 0 atom stereocenters. The van der Waals surface area contributed by atoms with Gasteiger partial charge in [-0.3, -0.25) is 9.78 Å². The lowest BCUT2D eigenvalue weighted by Gasteiger charge is -2.04. The fourth-order valence-corrected chi connectivity index (χ4v) is 1.48. The summed E-state index contributed by atoms with van der Waals surface area (Å²) in [6, 6.07) is 9.19. The average Bonchev–Trinajstić information content (AvgIpc) is 2.27. The molecule has 16 heavy (non-hydrogen) atoms. The first kappa shape index (κ1) is 10.4. The third kappa shape index (κ3) is 2.08. The highest BCUT2D eigenvalue weighted by atomic mass is 16.1. The van der Waals surface area contributed by atoms with Crippen LogP contribution in [0.1, 0.15) is 17.3 Å². The highest BCUT2D eigenvalue weighted by Crippen LogP contribution is 2.13. The second-order valence-corrected chi connectivity index (χ2v) is 3.65. The van der Waals surface area contributed by atoms with Crippen LogP contribution in [-0.4, -0.2) is 10.9 Å². The molecule has 0 radical (unpaired) electrons. The normalized spacial score (nSPS) is 10.1. The lowest BCUT2D eigenvalue weighted by Crippen LogP contribution is -2.20. The molecule has 80 valence electrons. The highest BCUT2D eigenvalue weighted by Gasteiger charge is 2.05. The van der Waals surface area contributed by atoms with Crippen molar-refractivity contribution in [2.45, 2.75) is 6.92 Å². The van der Waals surface area contributed by atoms with Gasteiger partial charge >= 0.3 is 0 Å².